The van der Waals surface area contributed by atoms with E-state index in [0.717, 1.165) is 0 Å². The average molecular weight is 791 g/mol. The predicted octanol–water partition coefficient (Wildman–Crippen LogP) is 15.6. The molecule has 10 aromatic carbocycles. The highest BCUT2D eigenvalue weighted by Gasteiger charge is 2.47. The molecule has 0 aliphatic heterocycles. The van der Waals surface area contributed by atoms with Crippen molar-refractivity contribution in [1.82, 2.24) is 0 Å². The van der Waals surface area contributed by atoms with Crippen molar-refractivity contribution in [2.24, 2.45) is 0 Å². The SMILES string of the molecule is Cc1ccc2cc(C3(c4ccc(-c5ccc(C6(c7ccc8c(C)c(C)ccc8c7)c7ccccc7-c7ccccc76)cc5)cc4)c4ccccc4-c4ccccc43)ccc2c1C. The Bertz CT molecular complexity index is 3110. The van der Waals surface area contributed by atoms with Crippen LogP contribution in [0.2, 0.25) is 0 Å². The molecule has 0 saturated carbocycles. The summed E-state index contributed by atoms with van der Waals surface area (Å²) in [5, 5.41) is 5.20. The summed E-state index contributed by atoms with van der Waals surface area (Å²) in [7, 11) is 0. The summed E-state index contributed by atoms with van der Waals surface area (Å²) in [6, 6.07) is 78.5. The van der Waals surface area contributed by atoms with Crippen LogP contribution in [0.4, 0.5) is 0 Å². The van der Waals surface area contributed by atoms with E-state index in [9.17, 15) is 0 Å². The minimum atomic E-state index is -0.463. The first-order chi connectivity index (χ1) is 30.4. The second-order valence-corrected chi connectivity index (χ2v) is 17.7. The number of hydrogen-bond donors (Lipinski definition) is 0. The third-order valence-corrected chi connectivity index (χ3v) is 14.9. The molecule has 0 bridgehead atoms. The first kappa shape index (κ1) is 36.6. The first-order valence-corrected chi connectivity index (χ1v) is 22.0. The molecule has 0 amide bonds. The zero-order valence-corrected chi connectivity index (χ0v) is 35.6. The molecule has 0 fully saturated rings. The van der Waals surface area contributed by atoms with Crippen molar-refractivity contribution in [2.45, 2.75) is 38.5 Å². The molecule has 2 aliphatic rings. The van der Waals surface area contributed by atoms with Gasteiger partial charge in [0.1, 0.15) is 0 Å². The van der Waals surface area contributed by atoms with E-state index >= 15 is 0 Å². The van der Waals surface area contributed by atoms with E-state index in [0.29, 0.717) is 0 Å². The monoisotopic (exact) mass is 790 g/mol. The number of rotatable bonds is 5. The molecule has 0 unspecified atom stereocenters. The van der Waals surface area contributed by atoms with Gasteiger partial charge in [-0.25, -0.2) is 0 Å². The van der Waals surface area contributed by atoms with Crippen LogP contribution in [0, 0.1) is 27.7 Å². The van der Waals surface area contributed by atoms with E-state index in [-0.39, 0.29) is 0 Å². The summed E-state index contributed by atoms with van der Waals surface area (Å²) in [5.41, 5.74) is 22.6. The lowest BCUT2D eigenvalue weighted by Crippen LogP contribution is -2.28. The van der Waals surface area contributed by atoms with Crippen molar-refractivity contribution in [3.8, 4) is 33.4 Å². The van der Waals surface area contributed by atoms with E-state index in [1.165, 1.54) is 122 Å². The molecule has 12 rings (SSSR count). The Balaban J connectivity index is 1.01. The van der Waals surface area contributed by atoms with Crippen LogP contribution in [0.15, 0.2) is 206 Å². The molecule has 0 heterocycles. The number of aryl methyl sites for hydroxylation is 4. The van der Waals surface area contributed by atoms with Crippen molar-refractivity contribution in [3.05, 3.63) is 273 Å². The lowest BCUT2D eigenvalue weighted by atomic mass is 9.67. The van der Waals surface area contributed by atoms with Gasteiger partial charge in [0, 0.05) is 0 Å². The van der Waals surface area contributed by atoms with Gasteiger partial charge in [-0.1, -0.05) is 194 Å². The average Bonchev–Trinajstić information content (AvgIpc) is 3.80. The van der Waals surface area contributed by atoms with Crippen LogP contribution < -0.4 is 0 Å². The zero-order valence-electron chi connectivity index (χ0n) is 35.6. The van der Waals surface area contributed by atoms with Crippen LogP contribution in [-0.2, 0) is 10.8 Å². The van der Waals surface area contributed by atoms with Gasteiger partial charge in [-0.15, -0.1) is 0 Å². The predicted molar refractivity (Wildman–Crippen MR) is 260 cm³/mol. The Labute approximate surface area is 364 Å². The summed E-state index contributed by atoms with van der Waals surface area (Å²) < 4.78 is 0. The van der Waals surface area contributed by atoms with E-state index in [1.54, 1.807) is 0 Å². The van der Waals surface area contributed by atoms with Gasteiger partial charge in [-0.05, 0) is 162 Å². The molecule has 0 nitrogen and oxygen atoms in total. The second kappa shape index (κ2) is 13.6. The second-order valence-electron chi connectivity index (χ2n) is 17.7. The van der Waals surface area contributed by atoms with Gasteiger partial charge >= 0.3 is 0 Å². The van der Waals surface area contributed by atoms with Crippen molar-refractivity contribution >= 4 is 21.5 Å². The molecule has 2 aliphatic carbocycles. The fourth-order valence-corrected chi connectivity index (χ4v) is 11.5. The molecular formula is C62H46. The largest absolute Gasteiger partial charge is 0.0713 e. The Hall–Kier alpha value is -7.28. The van der Waals surface area contributed by atoms with Crippen LogP contribution in [0.5, 0.6) is 0 Å². The standard InChI is InChI=1S/C62H46/c1-39-21-23-45-37-49(33-35-51(45)41(39)3)61(57-17-9-5-13-53(57)54-14-6-10-18-58(54)61)47-29-25-43(26-30-47)44-27-31-48(32-28-44)62(50-34-36-52-42(4)40(2)22-24-46(52)38-50)59-19-11-7-15-55(59)56-16-8-12-20-60(56)62/h5-38H,1-4H3. The number of fused-ring (bicyclic) bond motifs is 8. The minimum Gasteiger partial charge on any atom is -0.0619 e. The van der Waals surface area contributed by atoms with Crippen LogP contribution in [0.3, 0.4) is 0 Å². The van der Waals surface area contributed by atoms with Crippen molar-refractivity contribution in [1.29, 1.82) is 0 Å². The van der Waals surface area contributed by atoms with Crippen LogP contribution in [0.1, 0.15) is 66.8 Å². The lowest BCUT2D eigenvalue weighted by Gasteiger charge is -2.34. The molecule has 0 aromatic heterocycles. The maximum Gasteiger partial charge on any atom is 0.0713 e. The summed E-state index contributed by atoms with van der Waals surface area (Å²) in [4.78, 5) is 0. The van der Waals surface area contributed by atoms with Crippen LogP contribution in [-0.4, -0.2) is 0 Å². The molecule has 0 heteroatoms. The molecule has 62 heavy (non-hydrogen) atoms. The molecule has 0 spiro atoms. The highest BCUT2D eigenvalue weighted by atomic mass is 14.5. The quantitative estimate of drug-likeness (QED) is 0.163. The van der Waals surface area contributed by atoms with Gasteiger partial charge in [-0.3, -0.25) is 0 Å². The van der Waals surface area contributed by atoms with E-state index < -0.39 is 10.8 Å². The molecule has 294 valence electrons. The minimum absolute atomic E-state index is 0.463. The number of benzene rings is 10. The maximum absolute atomic E-state index is 2.44. The Morgan fingerprint density at radius 1 is 0.274 bits per heavy atom. The van der Waals surface area contributed by atoms with Gasteiger partial charge in [0.05, 0.1) is 10.8 Å². The zero-order chi connectivity index (χ0) is 41.7. The summed E-state index contributed by atoms with van der Waals surface area (Å²) >= 11 is 0. The van der Waals surface area contributed by atoms with Gasteiger partial charge in [0.25, 0.3) is 0 Å². The molecule has 10 aromatic rings. The van der Waals surface area contributed by atoms with Crippen molar-refractivity contribution in [2.75, 3.05) is 0 Å². The third kappa shape index (κ3) is 4.95. The van der Waals surface area contributed by atoms with E-state index in [1.807, 2.05) is 0 Å². The van der Waals surface area contributed by atoms with Gasteiger partial charge in [0.2, 0.25) is 0 Å². The molecule has 0 radical (unpaired) electrons. The van der Waals surface area contributed by atoms with Crippen molar-refractivity contribution in [3.63, 3.8) is 0 Å². The highest BCUT2D eigenvalue weighted by molar-refractivity contribution is 5.93. The molecule has 0 saturated heterocycles. The first-order valence-electron chi connectivity index (χ1n) is 22.0. The van der Waals surface area contributed by atoms with Crippen LogP contribution in [0.25, 0.3) is 54.9 Å². The summed E-state index contributed by atoms with van der Waals surface area (Å²) in [6.07, 6.45) is 0. The fourth-order valence-electron chi connectivity index (χ4n) is 11.5. The Kier molecular flexibility index (Phi) is 8.03. The van der Waals surface area contributed by atoms with Crippen molar-refractivity contribution < 1.29 is 0 Å². The van der Waals surface area contributed by atoms with Gasteiger partial charge in [0.15, 0.2) is 0 Å². The smallest absolute Gasteiger partial charge is 0.0619 e. The normalized spacial score (nSPS) is 14.1. The maximum atomic E-state index is 2.44. The summed E-state index contributed by atoms with van der Waals surface area (Å²) in [6.45, 7) is 8.91. The molecule has 0 N–H and O–H groups in total. The third-order valence-electron chi connectivity index (χ3n) is 14.9. The Morgan fingerprint density at radius 3 is 0.919 bits per heavy atom. The number of hydrogen-bond acceptors (Lipinski definition) is 0. The van der Waals surface area contributed by atoms with E-state index in [4.69, 9.17) is 0 Å². The fraction of sp³-hybridized carbons (Fsp3) is 0.0968. The Morgan fingerprint density at radius 2 is 0.581 bits per heavy atom. The van der Waals surface area contributed by atoms with E-state index in [2.05, 4.69) is 234 Å². The van der Waals surface area contributed by atoms with Gasteiger partial charge < -0.3 is 0 Å². The lowest BCUT2D eigenvalue weighted by molar-refractivity contribution is 0.769. The topological polar surface area (TPSA) is 0 Å². The molecule has 0 atom stereocenters. The highest BCUT2D eigenvalue weighted by Crippen LogP contribution is 2.58. The van der Waals surface area contributed by atoms with Gasteiger partial charge in [-0.2, -0.15) is 0 Å². The molecular weight excluding hydrogens is 745 g/mol. The summed E-state index contributed by atoms with van der Waals surface area (Å²) in [5.74, 6) is 0. The van der Waals surface area contributed by atoms with Crippen LogP contribution >= 0.6 is 0 Å².